The number of piperazine rings is 1. The summed E-state index contributed by atoms with van der Waals surface area (Å²) in [6.07, 6.45) is 0. The zero-order valence-corrected chi connectivity index (χ0v) is 20.3. The van der Waals surface area contributed by atoms with Crippen molar-refractivity contribution in [3.05, 3.63) is 57.6 Å². The van der Waals surface area contributed by atoms with E-state index in [0.717, 1.165) is 13.1 Å². The van der Waals surface area contributed by atoms with Crippen LogP contribution in [0.5, 0.6) is 0 Å². The summed E-state index contributed by atoms with van der Waals surface area (Å²) in [4.78, 5) is 27.5. The number of hydrogen-bond acceptors (Lipinski definition) is 5. The van der Waals surface area contributed by atoms with Crippen molar-refractivity contribution in [1.29, 1.82) is 5.41 Å². The van der Waals surface area contributed by atoms with Gasteiger partial charge in [-0.15, -0.1) is 24.8 Å². The molecule has 0 atom stereocenters. The molecule has 2 aromatic carbocycles. The van der Waals surface area contributed by atoms with E-state index >= 15 is 0 Å². The first-order valence-corrected chi connectivity index (χ1v) is 9.99. The lowest BCUT2D eigenvalue weighted by molar-refractivity contribution is 0.0662. The summed E-state index contributed by atoms with van der Waals surface area (Å²) in [6.45, 7) is 3.06. The molecule has 0 saturated carbocycles. The van der Waals surface area contributed by atoms with Gasteiger partial charge in [0.1, 0.15) is 0 Å². The molecule has 1 aliphatic heterocycles. The van der Waals surface area contributed by atoms with Crippen LogP contribution in [0.25, 0.3) is 11.1 Å². The maximum absolute atomic E-state index is 12.9. The first kappa shape index (κ1) is 28.0. The molecule has 3 rings (SSSR count). The zero-order valence-electron chi connectivity index (χ0n) is 17.2. The number of nitrogens with one attached hydrogen (secondary N) is 3. The molecule has 0 spiro atoms. The molecular formula is C20H24Cl4N6O2. The van der Waals surface area contributed by atoms with Crippen molar-refractivity contribution in [3.8, 4) is 11.1 Å². The van der Waals surface area contributed by atoms with E-state index in [-0.39, 0.29) is 41.8 Å². The quantitative estimate of drug-likeness (QED) is 0.364. The normalized spacial score (nSPS) is 14.0. The SMILES string of the molecule is CN1CCN(NC(=O)c2cc(C(=O)NC(=N)N)cc(-c3cc(Cl)ccc3Cl)c2)CC1.Cl.Cl. The van der Waals surface area contributed by atoms with Crippen LogP contribution in [0.4, 0.5) is 0 Å². The Bertz CT molecular complexity index is 996. The number of amides is 2. The second kappa shape index (κ2) is 12.2. The molecule has 5 N–H and O–H groups in total. The summed E-state index contributed by atoms with van der Waals surface area (Å²) in [5, 5.41) is 12.3. The Labute approximate surface area is 208 Å². The van der Waals surface area contributed by atoms with Crippen LogP contribution < -0.4 is 16.5 Å². The van der Waals surface area contributed by atoms with Crippen LogP contribution in [0, 0.1) is 5.41 Å². The van der Waals surface area contributed by atoms with Crippen molar-refractivity contribution in [2.24, 2.45) is 5.73 Å². The lowest BCUT2D eigenvalue weighted by atomic mass is 9.99. The van der Waals surface area contributed by atoms with E-state index in [1.165, 1.54) is 6.07 Å². The number of likely N-dealkylation sites (N-methyl/N-ethyl adjacent to an activating group) is 1. The monoisotopic (exact) mass is 520 g/mol. The Morgan fingerprint density at radius 2 is 1.56 bits per heavy atom. The Kier molecular flexibility index (Phi) is 10.7. The van der Waals surface area contributed by atoms with Crippen LogP contribution in [0.2, 0.25) is 10.0 Å². The molecule has 0 aliphatic carbocycles. The molecule has 32 heavy (non-hydrogen) atoms. The summed E-state index contributed by atoms with van der Waals surface area (Å²) in [6, 6.07) is 9.63. The van der Waals surface area contributed by atoms with E-state index < -0.39 is 11.9 Å². The number of halogens is 4. The molecule has 2 aromatic rings. The number of hydrazine groups is 1. The Morgan fingerprint density at radius 1 is 0.969 bits per heavy atom. The van der Waals surface area contributed by atoms with Gasteiger partial charge in [-0.2, -0.15) is 0 Å². The molecule has 0 aromatic heterocycles. The van der Waals surface area contributed by atoms with E-state index in [0.29, 0.717) is 34.3 Å². The number of carbonyl (C=O) groups is 2. The van der Waals surface area contributed by atoms with Crippen LogP contribution >= 0.6 is 48.0 Å². The highest BCUT2D eigenvalue weighted by atomic mass is 35.5. The van der Waals surface area contributed by atoms with Crippen molar-refractivity contribution >= 4 is 65.8 Å². The summed E-state index contributed by atoms with van der Waals surface area (Å²) >= 11 is 12.4. The van der Waals surface area contributed by atoms with E-state index in [4.69, 9.17) is 34.3 Å². The predicted molar refractivity (Wildman–Crippen MR) is 132 cm³/mol. The molecule has 12 heteroatoms. The maximum atomic E-state index is 12.9. The molecule has 0 radical (unpaired) electrons. The lowest BCUT2D eigenvalue weighted by Gasteiger charge is -2.32. The fraction of sp³-hybridized carbons (Fsp3) is 0.250. The number of benzene rings is 2. The fourth-order valence-corrected chi connectivity index (χ4v) is 3.48. The molecular weight excluding hydrogens is 498 g/mol. The van der Waals surface area contributed by atoms with Crippen molar-refractivity contribution in [1.82, 2.24) is 20.7 Å². The minimum atomic E-state index is -0.601. The number of guanidine groups is 1. The summed E-state index contributed by atoms with van der Waals surface area (Å²) in [5.41, 5.74) is 9.72. The predicted octanol–water partition coefficient (Wildman–Crippen LogP) is 3.02. The molecule has 1 fully saturated rings. The third-order valence-electron chi connectivity index (χ3n) is 4.71. The standard InChI is InChI=1S/C20H22Cl2N6O2.2ClH/c1-27-4-6-28(7-5-27)26-19(30)14-9-12(16-11-15(21)2-3-17(16)22)8-13(10-14)18(29)25-20(23)24;;/h2-3,8-11H,4-7H2,1H3,(H,26,30)(H4,23,24,25,29);2*1H. The minimum absolute atomic E-state index is 0. The van der Waals surface area contributed by atoms with E-state index in [2.05, 4.69) is 15.6 Å². The van der Waals surface area contributed by atoms with Gasteiger partial charge in [0.2, 0.25) is 0 Å². The van der Waals surface area contributed by atoms with Crippen LogP contribution in [0.3, 0.4) is 0 Å². The molecule has 0 bridgehead atoms. The molecule has 0 unspecified atom stereocenters. The van der Waals surface area contributed by atoms with Gasteiger partial charge in [0.25, 0.3) is 11.8 Å². The van der Waals surface area contributed by atoms with Gasteiger partial charge >= 0.3 is 0 Å². The number of carbonyl (C=O) groups excluding carboxylic acids is 2. The first-order chi connectivity index (χ1) is 14.2. The van der Waals surface area contributed by atoms with Gasteiger partial charge < -0.3 is 10.6 Å². The van der Waals surface area contributed by atoms with E-state index in [1.807, 2.05) is 12.1 Å². The van der Waals surface area contributed by atoms with Crippen LogP contribution in [-0.4, -0.2) is 60.9 Å². The highest BCUT2D eigenvalue weighted by molar-refractivity contribution is 6.35. The smallest absolute Gasteiger partial charge is 0.265 e. The highest BCUT2D eigenvalue weighted by Crippen LogP contribution is 2.32. The topological polar surface area (TPSA) is 115 Å². The van der Waals surface area contributed by atoms with Gasteiger partial charge in [0.05, 0.1) is 0 Å². The van der Waals surface area contributed by atoms with Crippen molar-refractivity contribution < 1.29 is 9.59 Å². The van der Waals surface area contributed by atoms with Gasteiger partial charge in [-0.3, -0.25) is 25.7 Å². The molecule has 2 amide bonds. The largest absolute Gasteiger partial charge is 0.370 e. The van der Waals surface area contributed by atoms with Crippen LogP contribution in [-0.2, 0) is 0 Å². The maximum Gasteiger partial charge on any atom is 0.265 e. The Balaban J connectivity index is 0.00000256. The van der Waals surface area contributed by atoms with E-state index in [9.17, 15) is 9.59 Å². The minimum Gasteiger partial charge on any atom is -0.370 e. The van der Waals surface area contributed by atoms with Crippen molar-refractivity contribution in [2.45, 2.75) is 0 Å². The third-order valence-corrected chi connectivity index (χ3v) is 5.27. The molecule has 1 aliphatic rings. The number of hydrogen-bond donors (Lipinski definition) is 4. The Morgan fingerprint density at radius 3 is 2.16 bits per heavy atom. The summed E-state index contributed by atoms with van der Waals surface area (Å²) < 4.78 is 0. The summed E-state index contributed by atoms with van der Waals surface area (Å²) in [7, 11) is 2.03. The van der Waals surface area contributed by atoms with Gasteiger partial charge in [-0.05, 0) is 49.0 Å². The Hall–Kier alpha value is -2.07. The van der Waals surface area contributed by atoms with Crippen molar-refractivity contribution in [2.75, 3.05) is 33.2 Å². The number of nitrogens with two attached hydrogens (primary N) is 1. The highest BCUT2D eigenvalue weighted by Gasteiger charge is 2.19. The molecule has 1 heterocycles. The zero-order chi connectivity index (χ0) is 21.8. The average Bonchev–Trinajstić information content (AvgIpc) is 2.70. The lowest BCUT2D eigenvalue weighted by Crippen LogP contribution is -2.52. The average molecular weight is 522 g/mol. The second-order valence-corrected chi connectivity index (χ2v) is 7.87. The van der Waals surface area contributed by atoms with Crippen LogP contribution in [0.1, 0.15) is 20.7 Å². The molecule has 8 nitrogen and oxygen atoms in total. The fourth-order valence-electron chi connectivity index (χ4n) is 3.08. The first-order valence-electron chi connectivity index (χ1n) is 9.23. The summed E-state index contributed by atoms with van der Waals surface area (Å²) in [5.74, 6) is -1.44. The van der Waals surface area contributed by atoms with E-state index in [1.54, 1.807) is 30.3 Å². The van der Waals surface area contributed by atoms with Gasteiger partial charge in [-0.1, -0.05) is 23.2 Å². The van der Waals surface area contributed by atoms with Crippen molar-refractivity contribution in [3.63, 3.8) is 0 Å². The van der Waals surface area contributed by atoms with Gasteiger partial charge in [0.15, 0.2) is 5.96 Å². The van der Waals surface area contributed by atoms with Gasteiger partial charge in [-0.25, -0.2) is 5.01 Å². The second-order valence-electron chi connectivity index (χ2n) is 7.02. The van der Waals surface area contributed by atoms with Crippen LogP contribution in [0.15, 0.2) is 36.4 Å². The number of nitrogens with zero attached hydrogens (tertiary/aromatic N) is 2. The molecule has 1 saturated heterocycles. The third kappa shape index (κ3) is 7.23. The number of rotatable bonds is 4. The van der Waals surface area contributed by atoms with Gasteiger partial charge in [0, 0.05) is 52.9 Å². The molecule has 174 valence electrons.